The summed E-state index contributed by atoms with van der Waals surface area (Å²) in [4.78, 5) is 30.4. The van der Waals surface area contributed by atoms with E-state index in [1.807, 2.05) is 36.0 Å². The van der Waals surface area contributed by atoms with Gasteiger partial charge in [-0.1, -0.05) is 12.1 Å². The van der Waals surface area contributed by atoms with Crippen LogP contribution in [0, 0.1) is 13.8 Å². The van der Waals surface area contributed by atoms with Crippen LogP contribution in [0.15, 0.2) is 36.7 Å². The second-order valence-electron chi connectivity index (χ2n) is 7.62. The lowest BCUT2D eigenvalue weighted by Crippen LogP contribution is -2.57. The van der Waals surface area contributed by atoms with Crippen molar-refractivity contribution in [2.75, 3.05) is 62.2 Å². The molecule has 2 fully saturated rings. The average Bonchev–Trinajstić information content (AvgIpc) is 2.75. The number of urea groups is 1. The van der Waals surface area contributed by atoms with Gasteiger partial charge in [0.1, 0.15) is 11.6 Å². The fraction of sp³-hybridized carbons (Fsp3) is 0.476. The number of hydrogen-bond donors (Lipinski definition) is 0. The first kappa shape index (κ1) is 18.5. The molecule has 0 spiro atoms. The van der Waals surface area contributed by atoms with Crippen molar-refractivity contribution in [1.29, 1.82) is 0 Å². The molecule has 2 aromatic heterocycles. The Morgan fingerprint density at radius 3 is 1.39 bits per heavy atom. The summed E-state index contributed by atoms with van der Waals surface area (Å²) in [6.45, 7) is 10.4. The van der Waals surface area contributed by atoms with E-state index in [-0.39, 0.29) is 6.03 Å². The van der Waals surface area contributed by atoms with Gasteiger partial charge in [-0.05, 0) is 37.1 Å². The molecule has 0 N–H and O–H groups in total. The number of rotatable bonds is 2. The minimum absolute atomic E-state index is 0.160. The molecular weight excluding hydrogens is 352 g/mol. The second kappa shape index (κ2) is 8.04. The van der Waals surface area contributed by atoms with Gasteiger partial charge in [0.05, 0.1) is 0 Å². The SMILES string of the molecule is Cc1ccc(N2CCN(C(=O)N3CCN(c4ccc(C)cn4)CC3)CC2)nc1. The smallest absolute Gasteiger partial charge is 0.320 e. The lowest BCUT2D eigenvalue weighted by atomic mass is 10.2. The molecule has 0 unspecified atom stereocenters. The Morgan fingerprint density at radius 1 is 0.679 bits per heavy atom. The largest absolute Gasteiger partial charge is 0.353 e. The Kier molecular flexibility index (Phi) is 5.32. The summed E-state index contributed by atoms with van der Waals surface area (Å²) in [5.41, 5.74) is 2.33. The zero-order valence-corrected chi connectivity index (χ0v) is 16.7. The maximum Gasteiger partial charge on any atom is 0.320 e. The molecule has 4 heterocycles. The first-order chi connectivity index (χ1) is 13.6. The molecule has 0 bridgehead atoms. The van der Waals surface area contributed by atoms with Crippen LogP contribution < -0.4 is 9.80 Å². The summed E-state index contributed by atoms with van der Waals surface area (Å²) < 4.78 is 0. The summed E-state index contributed by atoms with van der Waals surface area (Å²) in [5, 5.41) is 0. The van der Waals surface area contributed by atoms with E-state index in [0.717, 1.165) is 75.1 Å². The van der Waals surface area contributed by atoms with Crippen molar-refractivity contribution in [2.45, 2.75) is 13.8 Å². The van der Waals surface area contributed by atoms with Gasteiger partial charge in [0.2, 0.25) is 0 Å². The second-order valence-corrected chi connectivity index (χ2v) is 7.62. The minimum Gasteiger partial charge on any atom is -0.353 e. The highest BCUT2D eigenvalue weighted by molar-refractivity contribution is 5.75. The van der Waals surface area contributed by atoms with E-state index in [1.165, 1.54) is 0 Å². The van der Waals surface area contributed by atoms with E-state index in [2.05, 4.69) is 44.0 Å². The van der Waals surface area contributed by atoms with E-state index >= 15 is 0 Å². The van der Waals surface area contributed by atoms with Crippen molar-refractivity contribution in [1.82, 2.24) is 19.8 Å². The van der Waals surface area contributed by atoms with Crippen LogP contribution in [0.5, 0.6) is 0 Å². The molecule has 4 rings (SSSR count). The fourth-order valence-electron chi connectivity index (χ4n) is 3.75. The number of aromatic nitrogens is 2. The summed E-state index contributed by atoms with van der Waals surface area (Å²) in [5.74, 6) is 1.99. The highest BCUT2D eigenvalue weighted by Crippen LogP contribution is 2.17. The molecule has 0 radical (unpaired) electrons. The normalized spacial score (nSPS) is 17.8. The van der Waals surface area contributed by atoms with Crippen molar-refractivity contribution in [3.8, 4) is 0 Å². The highest BCUT2D eigenvalue weighted by Gasteiger charge is 2.28. The average molecular weight is 380 g/mol. The van der Waals surface area contributed by atoms with Crippen LogP contribution in [-0.4, -0.2) is 78.2 Å². The quantitative estimate of drug-likeness (QED) is 0.799. The zero-order chi connectivity index (χ0) is 19.5. The molecule has 2 aromatic rings. The van der Waals surface area contributed by atoms with Crippen LogP contribution in [0.2, 0.25) is 0 Å². The van der Waals surface area contributed by atoms with Crippen molar-refractivity contribution < 1.29 is 4.79 Å². The van der Waals surface area contributed by atoms with Crippen LogP contribution in [0.3, 0.4) is 0 Å². The van der Waals surface area contributed by atoms with Crippen LogP contribution >= 0.6 is 0 Å². The third kappa shape index (κ3) is 4.03. The van der Waals surface area contributed by atoms with Gasteiger partial charge < -0.3 is 19.6 Å². The lowest BCUT2D eigenvalue weighted by Gasteiger charge is -2.41. The molecule has 2 aliphatic rings. The predicted octanol–water partition coefficient (Wildman–Crippen LogP) is 2.16. The van der Waals surface area contributed by atoms with E-state index in [1.54, 1.807) is 0 Å². The van der Waals surface area contributed by atoms with E-state index < -0.39 is 0 Å². The molecule has 0 saturated carbocycles. The predicted molar refractivity (Wildman–Crippen MR) is 111 cm³/mol. The van der Waals surface area contributed by atoms with Crippen molar-refractivity contribution in [3.63, 3.8) is 0 Å². The van der Waals surface area contributed by atoms with Crippen molar-refractivity contribution in [3.05, 3.63) is 47.8 Å². The first-order valence-electron chi connectivity index (χ1n) is 9.99. The summed E-state index contributed by atoms with van der Waals surface area (Å²) >= 11 is 0. The Balaban J connectivity index is 1.28. The van der Waals surface area contributed by atoms with Gasteiger partial charge in [0, 0.05) is 64.8 Å². The number of carbonyl (C=O) groups is 1. The number of pyridine rings is 2. The molecular formula is C21H28N6O. The molecule has 148 valence electrons. The number of nitrogens with zero attached hydrogens (tertiary/aromatic N) is 6. The molecule has 0 aromatic carbocycles. The summed E-state index contributed by atoms with van der Waals surface area (Å²) in [6, 6.07) is 8.45. The number of aryl methyl sites for hydroxylation is 2. The fourth-order valence-corrected chi connectivity index (χ4v) is 3.75. The number of piperazine rings is 2. The maximum absolute atomic E-state index is 12.9. The molecule has 2 aliphatic heterocycles. The Bertz CT molecular complexity index is 723. The van der Waals surface area contributed by atoms with Gasteiger partial charge in [-0.15, -0.1) is 0 Å². The summed E-state index contributed by atoms with van der Waals surface area (Å²) in [6.07, 6.45) is 3.80. The maximum atomic E-state index is 12.9. The van der Waals surface area contributed by atoms with Gasteiger partial charge in [-0.2, -0.15) is 0 Å². The van der Waals surface area contributed by atoms with Crippen molar-refractivity contribution >= 4 is 17.7 Å². The third-order valence-corrected chi connectivity index (χ3v) is 5.54. The van der Waals surface area contributed by atoms with Gasteiger partial charge >= 0.3 is 6.03 Å². The molecule has 7 nitrogen and oxygen atoms in total. The number of anilines is 2. The Hall–Kier alpha value is -2.83. The summed E-state index contributed by atoms with van der Waals surface area (Å²) in [7, 11) is 0. The molecule has 28 heavy (non-hydrogen) atoms. The van der Waals surface area contributed by atoms with Crippen LogP contribution in [-0.2, 0) is 0 Å². The topological polar surface area (TPSA) is 55.8 Å². The van der Waals surface area contributed by atoms with Crippen LogP contribution in [0.4, 0.5) is 16.4 Å². The molecule has 0 aliphatic carbocycles. The Morgan fingerprint density at radius 2 is 1.07 bits per heavy atom. The van der Waals surface area contributed by atoms with E-state index in [0.29, 0.717) is 0 Å². The number of carbonyl (C=O) groups excluding carboxylic acids is 1. The third-order valence-electron chi connectivity index (χ3n) is 5.54. The van der Waals surface area contributed by atoms with Gasteiger partial charge in [0.25, 0.3) is 0 Å². The zero-order valence-electron chi connectivity index (χ0n) is 16.7. The van der Waals surface area contributed by atoms with Crippen LogP contribution in [0.25, 0.3) is 0 Å². The monoisotopic (exact) mass is 380 g/mol. The van der Waals surface area contributed by atoms with E-state index in [9.17, 15) is 4.79 Å². The van der Waals surface area contributed by atoms with Gasteiger partial charge in [0.15, 0.2) is 0 Å². The van der Waals surface area contributed by atoms with Crippen LogP contribution in [0.1, 0.15) is 11.1 Å². The van der Waals surface area contributed by atoms with Crippen molar-refractivity contribution in [2.24, 2.45) is 0 Å². The lowest BCUT2D eigenvalue weighted by molar-refractivity contribution is 0.147. The van der Waals surface area contributed by atoms with E-state index in [4.69, 9.17) is 0 Å². The van der Waals surface area contributed by atoms with Gasteiger partial charge in [-0.3, -0.25) is 0 Å². The Labute approximate surface area is 166 Å². The highest BCUT2D eigenvalue weighted by atomic mass is 16.2. The molecule has 2 saturated heterocycles. The number of hydrogen-bond acceptors (Lipinski definition) is 5. The number of amides is 2. The van der Waals surface area contributed by atoms with Gasteiger partial charge in [-0.25, -0.2) is 14.8 Å². The first-order valence-corrected chi connectivity index (χ1v) is 9.99. The molecule has 0 atom stereocenters. The minimum atomic E-state index is 0.160. The molecule has 7 heteroatoms. The standard InChI is InChI=1S/C21H28N6O/c1-17-3-5-19(22-15-17)24-7-11-26(12-8-24)21(28)27-13-9-25(10-14-27)20-6-4-18(2)16-23-20/h3-6,15-16H,7-14H2,1-2H3. The molecule has 2 amide bonds.